The van der Waals surface area contributed by atoms with Gasteiger partial charge in [-0.2, -0.15) is 8.42 Å². The van der Waals surface area contributed by atoms with E-state index in [4.69, 9.17) is 18.9 Å². The van der Waals surface area contributed by atoms with Crippen molar-refractivity contribution < 1.29 is 69.9 Å². The number of methoxy groups -OCH3 is 2. The molecular formula is C42H66FNO14S. The number of hydrogen-bond donors (Lipinski definition) is 3. The third-order valence-corrected chi connectivity index (χ3v) is 13.4. The number of carbonyl (C=O) groups excluding carboxylic acids is 4. The van der Waals surface area contributed by atoms with Crippen LogP contribution in [0.5, 0.6) is 0 Å². The van der Waals surface area contributed by atoms with Crippen molar-refractivity contribution in [2.75, 3.05) is 27.3 Å². The van der Waals surface area contributed by atoms with Gasteiger partial charge >= 0.3 is 16.5 Å². The minimum Gasteiger partial charge on any atom is -0.457 e. The summed E-state index contributed by atoms with van der Waals surface area (Å²) in [5.41, 5.74) is 1.41. The normalized spacial score (nSPS) is 41.6. The number of fused-ring (bicyclic) bond motifs is 4. The van der Waals surface area contributed by atoms with Crippen LogP contribution < -0.4 is 0 Å². The number of esters is 1. The molecule has 0 spiro atoms. The van der Waals surface area contributed by atoms with Gasteiger partial charge in [0, 0.05) is 51.0 Å². The first-order valence-electron chi connectivity index (χ1n) is 20.9. The molecule has 1 saturated carbocycles. The Kier molecular flexibility index (Phi) is 17.0. The predicted octanol–water partition coefficient (Wildman–Crippen LogP) is 3.77. The van der Waals surface area contributed by atoms with Gasteiger partial charge in [0.2, 0.25) is 5.79 Å². The molecule has 4 aliphatic rings. The lowest BCUT2D eigenvalue weighted by Crippen LogP contribution is -2.63. The number of amides is 1. The Hall–Kier alpha value is -2.64. The number of nitrogens with zero attached hydrogens (tertiary/aromatic N) is 1. The Morgan fingerprint density at radius 1 is 0.966 bits per heavy atom. The van der Waals surface area contributed by atoms with Crippen LogP contribution in [-0.2, 0) is 52.8 Å². The fourth-order valence-corrected chi connectivity index (χ4v) is 10.1. The van der Waals surface area contributed by atoms with Gasteiger partial charge in [-0.15, -0.1) is 0 Å². The molecule has 15 nitrogen and oxygen atoms in total. The number of ether oxygens (including phenoxy) is 4. The highest BCUT2D eigenvalue weighted by Crippen LogP contribution is 2.39. The summed E-state index contributed by atoms with van der Waals surface area (Å²) in [6, 6.07) is 0. The molecule has 336 valence electrons. The smallest absolute Gasteiger partial charge is 0.437 e. The molecule has 59 heavy (non-hydrogen) atoms. The molecule has 0 aromatic rings. The average Bonchev–Trinajstić information content (AvgIpc) is 3.18. The molecule has 3 N–H and O–H groups in total. The second kappa shape index (κ2) is 20.5. The van der Waals surface area contributed by atoms with E-state index in [1.165, 1.54) is 19.1 Å². The van der Waals surface area contributed by atoms with Crippen molar-refractivity contribution in [2.24, 2.45) is 41.4 Å². The highest BCUT2D eigenvalue weighted by molar-refractivity contribution is 7.81. The summed E-state index contributed by atoms with van der Waals surface area (Å²) in [6.45, 7) is 12.2. The summed E-state index contributed by atoms with van der Waals surface area (Å²) in [6.07, 6.45) is -1.19. The van der Waals surface area contributed by atoms with Crippen molar-refractivity contribution in [3.63, 3.8) is 0 Å². The van der Waals surface area contributed by atoms with Crippen LogP contribution in [0.1, 0.15) is 99.8 Å². The molecule has 1 aliphatic carbocycles. The number of Topliss-reactive ketones (excluding diaryl/α,β-unsaturated/α-hetero) is 2. The van der Waals surface area contributed by atoms with Crippen LogP contribution in [0.4, 0.5) is 3.89 Å². The van der Waals surface area contributed by atoms with E-state index in [0.717, 1.165) is 5.57 Å². The number of aliphatic hydroxyl groups is 3. The minimum atomic E-state index is -5.28. The Morgan fingerprint density at radius 2 is 1.61 bits per heavy atom. The summed E-state index contributed by atoms with van der Waals surface area (Å²) in [7, 11) is -2.27. The lowest BCUT2D eigenvalue weighted by Gasteiger charge is -2.46. The Balaban J connectivity index is 1.71. The molecule has 15 atom stereocenters. The Bertz CT molecular complexity index is 1690. The van der Waals surface area contributed by atoms with Gasteiger partial charge in [0.05, 0.1) is 30.3 Å². The molecule has 0 radical (unpaired) electrons. The molecule has 2 saturated heterocycles. The van der Waals surface area contributed by atoms with Gasteiger partial charge in [-0.3, -0.25) is 19.2 Å². The van der Waals surface area contributed by atoms with Crippen molar-refractivity contribution >= 4 is 33.9 Å². The van der Waals surface area contributed by atoms with Gasteiger partial charge in [-0.1, -0.05) is 56.2 Å². The number of hydrogen-bond acceptors (Lipinski definition) is 14. The van der Waals surface area contributed by atoms with E-state index >= 15 is 0 Å². The number of halogens is 1. The maximum absolute atomic E-state index is 14.1. The van der Waals surface area contributed by atoms with Crippen molar-refractivity contribution in [3.8, 4) is 0 Å². The van der Waals surface area contributed by atoms with Crippen LogP contribution in [0.25, 0.3) is 0 Å². The van der Waals surface area contributed by atoms with E-state index in [1.54, 1.807) is 40.7 Å². The topological polar surface area (TPSA) is 212 Å². The second-order valence-corrected chi connectivity index (χ2v) is 18.7. The van der Waals surface area contributed by atoms with Crippen molar-refractivity contribution in [1.29, 1.82) is 0 Å². The van der Waals surface area contributed by atoms with Crippen LogP contribution in [0, 0.1) is 41.4 Å². The second-order valence-electron chi connectivity index (χ2n) is 17.7. The molecule has 3 aliphatic heterocycles. The summed E-state index contributed by atoms with van der Waals surface area (Å²) in [5, 5.41) is 34.3. The van der Waals surface area contributed by atoms with E-state index in [0.29, 0.717) is 37.7 Å². The zero-order valence-corrected chi connectivity index (χ0v) is 36.7. The van der Waals surface area contributed by atoms with Crippen LogP contribution >= 0.6 is 0 Å². The summed E-state index contributed by atoms with van der Waals surface area (Å²) in [4.78, 5) is 57.1. The lowest BCUT2D eigenvalue weighted by atomic mass is 9.79. The molecule has 3 fully saturated rings. The van der Waals surface area contributed by atoms with Crippen LogP contribution in [0.15, 0.2) is 23.3 Å². The fraction of sp³-hybridized carbons (Fsp3) is 0.810. The summed E-state index contributed by atoms with van der Waals surface area (Å²) >= 11 is 0. The first-order valence-corrected chi connectivity index (χ1v) is 22.2. The van der Waals surface area contributed by atoms with Crippen molar-refractivity contribution in [2.45, 2.75) is 148 Å². The minimum absolute atomic E-state index is 0.0128. The SMILES string of the molecule is CO[C@H]1C[C@@H](C)C/C(C)=C/[C@@H](C)C(=O)C(C)[C@H](O)[C@@H](C)[C@@H](/C(C)=C/[C@@H]2CC[C@H](OS(=O)(=O)F)[C@H](O)C2)OC(=O)[C@@H]2CCCN(C2)C(=O)C(=O)[C@]2(O)O[C@H]1[C@@H](OC)C[C@H]2C. The number of cyclic esters (lactones) is 1. The van der Waals surface area contributed by atoms with Gasteiger partial charge in [0.1, 0.15) is 24.1 Å². The monoisotopic (exact) mass is 859 g/mol. The highest BCUT2D eigenvalue weighted by Gasteiger charge is 2.56. The van der Waals surface area contributed by atoms with E-state index in [-0.39, 0.29) is 50.0 Å². The Labute approximate surface area is 348 Å². The number of ketones is 2. The highest BCUT2D eigenvalue weighted by atomic mass is 32.3. The number of rotatable bonds is 6. The van der Waals surface area contributed by atoms with E-state index in [9.17, 15) is 46.8 Å². The molecule has 0 aromatic carbocycles. The Morgan fingerprint density at radius 3 is 2.22 bits per heavy atom. The fourth-order valence-electron chi connectivity index (χ4n) is 9.57. The first-order chi connectivity index (χ1) is 27.5. The van der Waals surface area contributed by atoms with Gasteiger partial charge < -0.3 is 39.2 Å². The predicted molar refractivity (Wildman–Crippen MR) is 212 cm³/mol. The van der Waals surface area contributed by atoms with Gasteiger partial charge in [0.25, 0.3) is 11.7 Å². The zero-order valence-electron chi connectivity index (χ0n) is 35.9. The molecule has 3 heterocycles. The van der Waals surface area contributed by atoms with Crippen molar-refractivity contribution in [3.05, 3.63) is 23.3 Å². The first kappa shape index (κ1) is 49.0. The zero-order chi connectivity index (χ0) is 44.1. The van der Waals surface area contributed by atoms with Crippen LogP contribution in [0.2, 0.25) is 0 Å². The molecule has 1 amide bonds. The molecular weight excluding hydrogens is 794 g/mol. The maximum atomic E-state index is 14.1. The number of aliphatic hydroxyl groups excluding tert-OH is 2. The van der Waals surface area contributed by atoms with Gasteiger partial charge in [0.15, 0.2) is 0 Å². The van der Waals surface area contributed by atoms with E-state index in [1.807, 2.05) is 19.9 Å². The van der Waals surface area contributed by atoms with Gasteiger partial charge in [-0.25, -0.2) is 4.18 Å². The maximum Gasteiger partial charge on any atom is 0.437 e. The molecule has 4 bridgehead atoms. The quantitative estimate of drug-likeness (QED) is 0.150. The largest absolute Gasteiger partial charge is 0.457 e. The standard InChI is InChI=1S/C42H66FNO14S/c1-22-15-23(2)17-33(54-8)38-34(55-9)19-26(5)42(51,57-38)39(48)40(49)44-14-10-11-30(21-44)41(50)56-37(28(7)36(47)27(6)35(46)24(3)16-22)25(4)18-29-12-13-32(31(45)20-29)58-59(43,52)53/h16,18,23-24,26-34,36-38,45,47,51H,10-15,17,19-21H2,1-9H3/b22-16+,25-18+/t23-,24+,26+,27?,28+,29-,30+,31+,32-,33-,34-,36-,37+,38+,42+/m0/s1. The third kappa shape index (κ3) is 12.1. The number of piperidine rings is 1. The third-order valence-electron chi connectivity index (χ3n) is 13.0. The van der Waals surface area contributed by atoms with Crippen molar-refractivity contribution in [1.82, 2.24) is 4.90 Å². The average molecular weight is 860 g/mol. The number of allylic oxidation sites excluding steroid dienone is 3. The lowest BCUT2D eigenvalue weighted by molar-refractivity contribution is -0.302. The van der Waals surface area contributed by atoms with E-state index in [2.05, 4.69) is 4.18 Å². The summed E-state index contributed by atoms with van der Waals surface area (Å²) < 4.78 is 63.8. The number of carbonyl (C=O) groups is 4. The molecule has 0 aromatic heterocycles. The molecule has 4 rings (SSSR count). The molecule has 1 unspecified atom stereocenters. The van der Waals surface area contributed by atoms with E-state index < -0.39 is 106 Å². The molecule has 17 heteroatoms. The summed E-state index contributed by atoms with van der Waals surface area (Å²) in [5.74, 6) is -9.96. The van der Waals surface area contributed by atoms with Crippen LogP contribution in [-0.4, -0.2) is 128 Å². The van der Waals surface area contributed by atoms with Gasteiger partial charge in [-0.05, 0) is 82.6 Å². The van der Waals surface area contributed by atoms with Crippen LogP contribution in [0.3, 0.4) is 0 Å².